The standard InChI is InChI=1S/C14H18N2O/c15-12-7-4-8-13(12)16-14(17)10-9-11-5-2-1-3-6-11/h1-3,5-6,9-10,12-13H,4,7-8,15H2,(H,16,17). The average Bonchev–Trinajstić information content (AvgIpc) is 2.74. The van der Waals surface area contributed by atoms with Crippen LogP contribution in [0.3, 0.4) is 0 Å². The Bertz CT molecular complexity index is 400. The van der Waals surface area contributed by atoms with Crippen LogP contribution >= 0.6 is 0 Å². The maximum Gasteiger partial charge on any atom is 0.244 e. The van der Waals surface area contributed by atoms with Gasteiger partial charge in [-0.2, -0.15) is 0 Å². The van der Waals surface area contributed by atoms with Crippen molar-refractivity contribution in [1.82, 2.24) is 5.32 Å². The number of hydrogen-bond acceptors (Lipinski definition) is 2. The number of carbonyl (C=O) groups excluding carboxylic acids is 1. The molecule has 0 spiro atoms. The van der Waals surface area contributed by atoms with Gasteiger partial charge in [-0.05, 0) is 30.9 Å². The molecule has 1 aliphatic rings. The lowest BCUT2D eigenvalue weighted by Gasteiger charge is -2.15. The van der Waals surface area contributed by atoms with Gasteiger partial charge in [0.2, 0.25) is 5.91 Å². The molecule has 90 valence electrons. The van der Waals surface area contributed by atoms with Crippen molar-refractivity contribution in [2.24, 2.45) is 5.73 Å². The molecule has 0 aromatic heterocycles. The number of carbonyl (C=O) groups is 1. The van der Waals surface area contributed by atoms with Crippen LogP contribution in [0.25, 0.3) is 6.08 Å². The molecule has 3 N–H and O–H groups in total. The summed E-state index contributed by atoms with van der Waals surface area (Å²) in [5, 5.41) is 2.95. The van der Waals surface area contributed by atoms with E-state index in [1.807, 2.05) is 36.4 Å². The Labute approximate surface area is 102 Å². The van der Waals surface area contributed by atoms with Crippen LogP contribution in [0.15, 0.2) is 36.4 Å². The molecule has 0 radical (unpaired) electrons. The van der Waals surface area contributed by atoms with Crippen LogP contribution in [0.4, 0.5) is 0 Å². The van der Waals surface area contributed by atoms with Crippen molar-refractivity contribution in [3.05, 3.63) is 42.0 Å². The predicted molar refractivity (Wildman–Crippen MR) is 69.2 cm³/mol. The number of rotatable bonds is 3. The van der Waals surface area contributed by atoms with Crippen LogP contribution in [0.2, 0.25) is 0 Å². The second-order valence-corrected chi connectivity index (χ2v) is 4.45. The van der Waals surface area contributed by atoms with Gasteiger partial charge in [-0.3, -0.25) is 4.79 Å². The van der Waals surface area contributed by atoms with Gasteiger partial charge in [0.05, 0.1) is 0 Å². The van der Waals surface area contributed by atoms with Crippen LogP contribution in [-0.4, -0.2) is 18.0 Å². The van der Waals surface area contributed by atoms with Gasteiger partial charge in [0.1, 0.15) is 0 Å². The number of nitrogens with two attached hydrogens (primary N) is 1. The largest absolute Gasteiger partial charge is 0.348 e. The number of hydrogen-bond donors (Lipinski definition) is 2. The third-order valence-electron chi connectivity index (χ3n) is 3.12. The van der Waals surface area contributed by atoms with Gasteiger partial charge in [0.25, 0.3) is 0 Å². The fourth-order valence-electron chi connectivity index (χ4n) is 2.13. The summed E-state index contributed by atoms with van der Waals surface area (Å²) in [5.41, 5.74) is 6.92. The van der Waals surface area contributed by atoms with Crippen molar-refractivity contribution in [3.8, 4) is 0 Å². The summed E-state index contributed by atoms with van der Waals surface area (Å²) in [4.78, 5) is 11.7. The van der Waals surface area contributed by atoms with E-state index in [1.54, 1.807) is 6.08 Å². The molecule has 17 heavy (non-hydrogen) atoms. The third-order valence-corrected chi connectivity index (χ3v) is 3.12. The maximum atomic E-state index is 11.7. The average molecular weight is 230 g/mol. The fraction of sp³-hybridized carbons (Fsp3) is 0.357. The summed E-state index contributed by atoms with van der Waals surface area (Å²) in [6, 6.07) is 10.0. The van der Waals surface area contributed by atoms with Crippen molar-refractivity contribution in [2.45, 2.75) is 31.3 Å². The van der Waals surface area contributed by atoms with Crippen molar-refractivity contribution in [2.75, 3.05) is 0 Å². The summed E-state index contributed by atoms with van der Waals surface area (Å²) < 4.78 is 0. The minimum atomic E-state index is -0.0591. The zero-order valence-corrected chi connectivity index (χ0v) is 9.80. The smallest absolute Gasteiger partial charge is 0.244 e. The Morgan fingerprint density at radius 2 is 2.06 bits per heavy atom. The van der Waals surface area contributed by atoms with Crippen molar-refractivity contribution in [1.29, 1.82) is 0 Å². The lowest BCUT2D eigenvalue weighted by Crippen LogP contribution is -2.43. The maximum absolute atomic E-state index is 11.7. The number of nitrogens with one attached hydrogen (secondary N) is 1. The highest BCUT2D eigenvalue weighted by molar-refractivity contribution is 5.91. The Morgan fingerprint density at radius 1 is 1.29 bits per heavy atom. The predicted octanol–water partition coefficient (Wildman–Crippen LogP) is 1.70. The van der Waals surface area contributed by atoms with E-state index in [0.717, 1.165) is 24.8 Å². The van der Waals surface area contributed by atoms with E-state index in [1.165, 1.54) is 0 Å². The van der Waals surface area contributed by atoms with E-state index >= 15 is 0 Å². The van der Waals surface area contributed by atoms with Crippen molar-refractivity contribution in [3.63, 3.8) is 0 Å². The zero-order chi connectivity index (χ0) is 12.1. The minimum absolute atomic E-state index is 0.0591. The first-order chi connectivity index (χ1) is 8.25. The molecule has 3 nitrogen and oxygen atoms in total. The topological polar surface area (TPSA) is 55.1 Å². The normalized spacial score (nSPS) is 24.1. The lowest BCUT2D eigenvalue weighted by molar-refractivity contribution is -0.117. The second-order valence-electron chi connectivity index (χ2n) is 4.45. The molecular formula is C14H18N2O. The van der Waals surface area contributed by atoms with Gasteiger partial charge in [-0.25, -0.2) is 0 Å². The highest BCUT2D eigenvalue weighted by Gasteiger charge is 2.24. The Hall–Kier alpha value is -1.61. The molecule has 1 amide bonds. The van der Waals surface area contributed by atoms with Crippen molar-refractivity contribution < 1.29 is 4.79 Å². The van der Waals surface area contributed by atoms with Gasteiger partial charge in [0.15, 0.2) is 0 Å². The Balaban J connectivity index is 1.87. The summed E-state index contributed by atoms with van der Waals surface area (Å²) in [7, 11) is 0. The molecule has 0 aliphatic heterocycles. The summed E-state index contributed by atoms with van der Waals surface area (Å²) in [6.07, 6.45) is 6.49. The molecular weight excluding hydrogens is 212 g/mol. The Kier molecular flexibility index (Phi) is 3.94. The molecule has 2 rings (SSSR count). The first-order valence-electron chi connectivity index (χ1n) is 6.05. The highest BCUT2D eigenvalue weighted by atomic mass is 16.1. The van der Waals surface area contributed by atoms with Crippen LogP contribution in [0, 0.1) is 0 Å². The van der Waals surface area contributed by atoms with Crippen LogP contribution in [0.5, 0.6) is 0 Å². The van der Waals surface area contributed by atoms with E-state index in [-0.39, 0.29) is 18.0 Å². The molecule has 2 unspecified atom stereocenters. The molecule has 1 aliphatic carbocycles. The van der Waals surface area contributed by atoms with Gasteiger partial charge >= 0.3 is 0 Å². The molecule has 1 aromatic rings. The van der Waals surface area contributed by atoms with Crippen LogP contribution in [0.1, 0.15) is 24.8 Å². The van der Waals surface area contributed by atoms with E-state index in [9.17, 15) is 4.79 Å². The molecule has 2 atom stereocenters. The zero-order valence-electron chi connectivity index (χ0n) is 9.80. The highest BCUT2D eigenvalue weighted by Crippen LogP contribution is 2.16. The molecule has 0 saturated heterocycles. The Morgan fingerprint density at radius 3 is 2.71 bits per heavy atom. The lowest BCUT2D eigenvalue weighted by atomic mass is 10.2. The molecule has 0 heterocycles. The SMILES string of the molecule is NC1CCCC1NC(=O)C=Cc1ccccc1. The molecule has 0 bridgehead atoms. The minimum Gasteiger partial charge on any atom is -0.348 e. The van der Waals surface area contributed by atoms with Gasteiger partial charge in [-0.1, -0.05) is 30.3 Å². The monoisotopic (exact) mass is 230 g/mol. The third kappa shape index (κ3) is 3.43. The summed E-state index contributed by atoms with van der Waals surface area (Å²) >= 11 is 0. The van der Waals surface area contributed by atoms with Crippen LogP contribution < -0.4 is 11.1 Å². The molecule has 1 saturated carbocycles. The summed E-state index contributed by atoms with van der Waals surface area (Å²) in [5.74, 6) is -0.0591. The first-order valence-corrected chi connectivity index (χ1v) is 6.05. The van der Waals surface area contributed by atoms with Crippen molar-refractivity contribution >= 4 is 12.0 Å². The van der Waals surface area contributed by atoms with E-state index in [4.69, 9.17) is 5.73 Å². The molecule has 1 fully saturated rings. The van der Waals surface area contributed by atoms with Gasteiger partial charge in [0, 0.05) is 18.2 Å². The van der Waals surface area contributed by atoms with E-state index < -0.39 is 0 Å². The van der Waals surface area contributed by atoms with Gasteiger partial charge in [-0.15, -0.1) is 0 Å². The fourth-order valence-corrected chi connectivity index (χ4v) is 2.13. The van der Waals surface area contributed by atoms with Crippen LogP contribution in [-0.2, 0) is 4.79 Å². The quantitative estimate of drug-likeness (QED) is 0.776. The van der Waals surface area contributed by atoms with Gasteiger partial charge < -0.3 is 11.1 Å². The molecule has 3 heteroatoms. The van der Waals surface area contributed by atoms with E-state index in [0.29, 0.717) is 0 Å². The second kappa shape index (κ2) is 5.64. The number of benzene rings is 1. The number of amides is 1. The van der Waals surface area contributed by atoms with E-state index in [2.05, 4.69) is 5.32 Å². The summed E-state index contributed by atoms with van der Waals surface area (Å²) in [6.45, 7) is 0. The first kappa shape index (κ1) is 11.9. The molecule has 1 aromatic carbocycles.